The minimum atomic E-state index is 0.315. The van der Waals surface area contributed by atoms with Crippen molar-refractivity contribution in [2.24, 2.45) is 11.8 Å². The molecule has 0 amide bonds. The summed E-state index contributed by atoms with van der Waals surface area (Å²) in [5.41, 5.74) is 2.73. The number of halogens is 1. The Morgan fingerprint density at radius 2 is 2.11 bits per heavy atom. The Bertz CT molecular complexity index is 452. The Morgan fingerprint density at radius 3 is 2.79 bits per heavy atom. The van der Waals surface area contributed by atoms with E-state index in [9.17, 15) is 0 Å². The van der Waals surface area contributed by atoms with E-state index in [1.807, 2.05) is 12.1 Å². The highest BCUT2D eigenvalue weighted by Crippen LogP contribution is 2.28. The zero-order valence-corrected chi connectivity index (χ0v) is 12.9. The Balaban J connectivity index is 1.89. The summed E-state index contributed by atoms with van der Waals surface area (Å²) in [6, 6.07) is 8.42. The van der Waals surface area contributed by atoms with Gasteiger partial charge in [0.1, 0.15) is 0 Å². The van der Waals surface area contributed by atoms with E-state index in [1.54, 1.807) is 0 Å². The van der Waals surface area contributed by atoms with Crippen LogP contribution in [0.15, 0.2) is 35.9 Å². The fourth-order valence-electron chi connectivity index (χ4n) is 3.12. The molecule has 0 fully saturated rings. The second-order valence-electron chi connectivity index (χ2n) is 5.95. The SMILES string of the molecule is CC1=CC(C)CC(CN[C@H](C)c2ccccc2Cl)C1. The molecule has 2 unspecified atom stereocenters. The van der Waals surface area contributed by atoms with Crippen molar-refractivity contribution in [1.29, 1.82) is 0 Å². The van der Waals surface area contributed by atoms with Crippen molar-refractivity contribution in [3.8, 4) is 0 Å². The third kappa shape index (κ3) is 4.09. The highest BCUT2D eigenvalue weighted by molar-refractivity contribution is 6.31. The van der Waals surface area contributed by atoms with Crippen LogP contribution in [0.1, 0.15) is 45.2 Å². The molecular formula is C17H24ClN. The van der Waals surface area contributed by atoms with Crippen LogP contribution in [0, 0.1) is 11.8 Å². The standard InChI is InChI=1S/C17H24ClN/c1-12-8-13(2)10-15(9-12)11-19-14(3)16-6-4-5-7-17(16)18/h4-8,12,14-15,19H,9-11H2,1-3H3/t12?,14-,15?/m1/s1. The van der Waals surface area contributed by atoms with Crippen molar-refractivity contribution in [2.75, 3.05) is 6.54 Å². The lowest BCUT2D eigenvalue weighted by Gasteiger charge is -2.27. The summed E-state index contributed by atoms with van der Waals surface area (Å²) in [4.78, 5) is 0. The van der Waals surface area contributed by atoms with Crippen molar-refractivity contribution in [1.82, 2.24) is 5.32 Å². The highest BCUT2D eigenvalue weighted by atomic mass is 35.5. The van der Waals surface area contributed by atoms with Crippen LogP contribution in [0.5, 0.6) is 0 Å². The fraction of sp³-hybridized carbons (Fsp3) is 0.529. The predicted molar refractivity (Wildman–Crippen MR) is 83.5 cm³/mol. The van der Waals surface area contributed by atoms with Gasteiger partial charge in [0, 0.05) is 11.1 Å². The molecule has 2 rings (SSSR count). The third-order valence-electron chi connectivity index (χ3n) is 3.97. The van der Waals surface area contributed by atoms with Gasteiger partial charge in [0.25, 0.3) is 0 Å². The summed E-state index contributed by atoms with van der Waals surface area (Å²) in [5.74, 6) is 1.47. The molecule has 0 bridgehead atoms. The molecule has 0 spiro atoms. The first-order valence-electron chi connectivity index (χ1n) is 7.21. The summed E-state index contributed by atoms with van der Waals surface area (Å²) >= 11 is 6.24. The maximum absolute atomic E-state index is 6.24. The van der Waals surface area contributed by atoms with Crippen molar-refractivity contribution in [3.05, 3.63) is 46.5 Å². The molecule has 1 aromatic rings. The zero-order valence-electron chi connectivity index (χ0n) is 12.1. The van der Waals surface area contributed by atoms with E-state index < -0.39 is 0 Å². The van der Waals surface area contributed by atoms with Gasteiger partial charge in [0.2, 0.25) is 0 Å². The van der Waals surface area contributed by atoms with Crippen LogP contribution in [-0.4, -0.2) is 6.54 Å². The van der Waals surface area contributed by atoms with Gasteiger partial charge in [-0.2, -0.15) is 0 Å². The minimum Gasteiger partial charge on any atom is -0.310 e. The van der Waals surface area contributed by atoms with E-state index in [4.69, 9.17) is 11.6 Å². The number of rotatable bonds is 4. The molecule has 1 nitrogen and oxygen atoms in total. The number of nitrogens with one attached hydrogen (secondary N) is 1. The van der Waals surface area contributed by atoms with E-state index in [0.717, 1.165) is 23.4 Å². The van der Waals surface area contributed by atoms with Crippen LogP contribution in [0.25, 0.3) is 0 Å². The second-order valence-corrected chi connectivity index (χ2v) is 6.35. The molecule has 1 aliphatic rings. The van der Waals surface area contributed by atoms with Gasteiger partial charge < -0.3 is 5.32 Å². The topological polar surface area (TPSA) is 12.0 Å². The van der Waals surface area contributed by atoms with Crippen molar-refractivity contribution in [3.63, 3.8) is 0 Å². The summed E-state index contributed by atoms with van der Waals surface area (Å²) < 4.78 is 0. The number of benzene rings is 1. The lowest BCUT2D eigenvalue weighted by molar-refractivity contribution is 0.367. The van der Waals surface area contributed by atoms with Crippen LogP contribution in [0.2, 0.25) is 5.02 Å². The normalized spacial score (nSPS) is 24.9. The van der Waals surface area contributed by atoms with E-state index >= 15 is 0 Å². The largest absolute Gasteiger partial charge is 0.310 e. The molecule has 2 heteroatoms. The second kappa shape index (κ2) is 6.58. The highest BCUT2D eigenvalue weighted by Gasteiger charge is 2.19. The number of allylic oxidation sites excluding steroid dienone is 2. The predicted octanol–water partition coefficient (Wildman–Crippen LogP) is 4.98. The van der Waals surface area contributed by atoms with Crippen LogP contribution < -0.4 is 5.32 Å². The maximum Gasteiger partial charge on any atom is 0.0453 e. The lowest BCUT2D eigenvalue weighted by Crippen LogP contribution is -2.28. The number of hydrogen-bond acceptors (Lipinski definition) is 1. The van der Waals surface area contributed by atoms with Crippen molar-refractivity contribution < 1.29 is 0 Å². The van der Waals surface area contributed by atoms with Gasteiger partial charge in [-0.05, 0) is 56.7 Å². The molecule has 3 atom stereocenters. The summed E-state index contributed by atoms with van der Waals surface area (Å²) in [7, 11) is 0. The van der Waals surface area contributed by atoms with E-state index in [0.29, 0.717) is 6.04 Å². The average Bonchev–Trinajstić information content (AvgIpc) is 2.35. The first-order chi connectivity index (χ1) is 9.06. The van der Waals surface area contributed by atoms with Gasteiger partial charge in [-0.25, -0.2) is 0 Å². The van der Waals surface area contributed by atoms with Crippen LogP contribution >= 0.6 is 11.6 Å². The van der Waals surface area contributed by atoms with Gasteiger partial charge >= 0.3 is 0 Å². The van der Waals surface area contributed by atoms with E-state index in [1.165, 1.54) is 24.0 Å². The van der Waals surface area contributed by atoms with E-state index in [2.05, 4.69) is 44.3 Å². The molecule has 1 N–H and O–H groups in total. The zero-order chi connectivity index (χ0) is 13.8. The lowest BCUT2D eigenvalue weighted by atomic mass is 9.83. The van der Waals surface area contributed by atoms with Gasteiger partial charge in [-0.3, -0.25) is 0 Å². The first-order valence-corrected chi connectivity index (χ1v) is 7.59. The van der Waals surface area contributed by atoms with Gasteiger partial charge in [0.15, 0.2) is 0 Å². The van der Waals surface area contributed by atoms with Crippen molar-refractivity contribution >= 4 is 11.6 Å². The number of hydrogen-bond donors (Lipinski definition) is 1. The van der Waals surface area contributed by atoms with Crippen LogP contribution in [0.4, 0.5) is 0 Å². The molecule has 0 aliphatic heterocycles. The molecule has 1 aromatic carbocycles. The van der Waals surface area contributed by atoms with Gasteiger partial charge in [-0.15, -0.1) is 0 Å². The van der Waals surface area contributed by atoms with E-state index in [-0.39, 0.29) is 0 Å². The molecular weight excluding hydrogens is 254 g/mol. The Hall–Kier alpha value is -0.790. The molecule has 19 heavy (non-hydrogen) atoms. The van der Waals surface area contributed by atoms with Gasteiger partial charge in [-0.1, -0.05) is 48.4 Å². The molecule has 0 saturated heterocycles. The fourth-order valence-corrected chi connectivity index (χ4v) is 3.42. The van der Waals surface area contributed by atoms with Crippen LogP contribution in [0.3, 0.4) is 0 Å². The minimum absolute atomic E-state index is 0.315. The molecule has 104 valence electrons. The van der Waals surface area contributed by atoms with Gasteiger partial charge in [0.05, 0.1) is 0 Å². The van der Waals surface area contributed by atoms with Crippen LogP contribution in [-0.2, 0) is 0 Å². The maximum atomic E-state index is 6.24. The molecule has 0 aromatic heterocycles. The Morgan fingerprint density at radius 1 is 1.37 bits per heavy atom. The third-order valence-corrected chi connectivity index (χ3v) is 4.31. The van der Waals surface area contributed by atoms with Crippen molar-refractivity contribution in [2.45, 2.75) is 39.7 Å². The Labute approximate surface area is 122 Å². The quantitative estimate of drug-likeness (QED) is 0.765. The molecule has 0 saturated carbocycles. The summed E-state index contributed by atoms with van der Waals surface area (Å²) in [6.45, 7) is 7.82. The molecule has 1 aliphatic carbocycles. The molecule has 0 radical (unpaired) electrons. The first kappa shape index (κ1) is 14.6. The summed E-state index contributed by atoms with van der Waals surface area (Å²) in [6.07, 6.45) is 4.93. The average molecular weight is 278 g/mol. The molecule has 0 heterocycles. The smallest absolute Gasteiger partial charge is 0.0453 e. The summed E-state index contributed by atoms with van der Waals surface area (Å²) in [5, 5.41) is 4.50. The monoisotopic (exact) mass is 277 g/mol. The Kier molecular flexibility index (Phi) is 5.06.